The summed E-state index contributed by atoms with van der Waals surface area (Å²) in [6.45, 7) is 2.05. The van der Waals surface area contributed by atoms with Crippen molar-refractivity contribution >= 4 is 5.97 Å². The molecule has 0 bridgehead atoms. The van der Waals surface area contributed by atoms with Gasteiger partial charge in [-0.3, -0.25) is 0 Å². The molecular weight excluding hydrogens is 304 g/mol. The van der Waals surface area contributed by atoms with Crippen molar-refractivity contribution < 1.29 is 19.0 Å². The number of ether oxygens (including phenoxy) is 3. The predicted octanol–water partition coefficient (Wildman–Crippen LogP) is 4.05. The fraction of sp³-hybridized carbons (Fsp3) is 0.350. The molecule has 126 valence electrons. The number of rotatable bonds is 5. The molecule has 2 aromatic rings. The number of hydrogen-bond donors (Lipinski definition) is 0. The Morgan fingerprint density at radius 1 is 1.08 bits per heavy atom. The minimum absolute atomic E-state index is 0.0770. The van der Waals surface area contributed by atoms with Gasteiger partial charge in [-0.05, 0) is 29.7 Å². The topological polar surface area (TPSA) is 44.8 Å². The zero-order valence-corrected chi connectivity index (χ0v) is 14.0. The van der Waals surface area contributed by atoms with Crippen molar-refractivity contribution in [2.75, 3.05) is 7.11 Å². The van der Waals surface area contributed by atoms with Gasteiger partial charge in [-0.2, -0.15) is 0 Å². The Balaban J connectivity index is 1.67. The summed E-state index contributed by atoms with van der Waals surface area (Å²) in [5.41, 5.74) is 2.72. The van der Waals surface area contributed by atoms with Crippen LogP contribution in [-0.2, 0) is 14.2 Å². The lowest BCUT2D eigenvalue weighted by atomic mass is 10.0. The first-order chi connectivity index (χ1) is 11.7. The monoisotopic (exact) mass is 326 g/mol. The van der Waals surface area contributed by atoms with Crippen LogP contribution in [0.2, 0.25) is 0 Å². The van der Waals surface area contributed by atoms with Crippen molar-refractivity contribution in [1.82, 2.24) is 0 Å². The Morgan fingerprint density at radius 3 is 2.38 bits per heavy atom. The Labute approximate surface area is 142 Å². The molecule has 3 atom stereocenters. The van der Waals surface area contributed by atoms with E-state index in [2.05, 4.69) is 0 Å². The third kappa shape index (κ3) is 3.66. The molecule has 1 aliphatic heterocycles. The molecule has 1 fully saturated rings. The summed E-state index contributed by atoms with van der Waals surface area (Å²) in [5, 5.41) is 0. The second kappa shape index (κ2) is 7.60. The lowest BCUT2D eigenvalue weighted by Crippen LogP contribution is -2.28. The molecule has 1 aliphatic rings. The Bertz CT molecular complexity index is 666. The fourth-order valence-electron chi connectivity index (χ4n) is 2.91. The zero-order chi connectivity index (χ0) is 16.9. The standard InChI is InChI=1S/C20H22O4/c1-3-17-13-18(20(22-2)23-17)24-19(21)16-11-9-15(10-12-16)14-7-5-4-6-8-14/h4-12,17-18,20H,3,13H2,1-2H3/t17-,18+,20?/m1/s1. The van der Waals surface area contributed by atoms with Gasteiger partial charge in [0, 0.05) is 13.5 Å². The van der Waals surface area contributed by atoms with E-state index < -0.39 is 6.29 Å². The van der Waals surface area contributed by atoms with Gasteiger partial charge >= 0.3 is 5.97 Å². The number of methoxy groups -OCH3 is 1. The second-order valence-electron chi connectivity index (χ2n) is 5.89. The quantitative estimate of drug-likeness (QED) is 0.778. The molecule has 24 heavy (non-hydrogen) atoms. The smallest absolute Gasteiger partial charge is 0.338 e. The minimum Gasteiger partial charge on any atom is -0.453 e. The van der Waals surface area contributed by atoms with Crippen LogP contribution >= 0.6 is 0 Å². The summed E-state index contributed by atoms with van der Waals surface area (Å²) < 4.78 is 16.5. The maximum absolute atomic E-state index is 12.4. The normalized spacial score (nSPS) is 23.2. The molecular formula is C20H22O4. The molecule has 1 heterocycles. The summed E-state index contributed by atoms with van der Waals surface area (Å²) in [6, 6.07) is 17.5. The molecule has 0 radical (unpaired) electrons. The van der Waals surface area contributed by atoms with Gasteiger partial charge in [0.1, 0.15) is 0 Å². The van der Waals surface area contributed by atoms with Gasteiger partial charge in [-0.25, -0.2) is 4.79 Å². The van der Waals surface area contributed by atoms with Gasteiger partial charge < -0.3 is 14.2 Å². The summed E-state index contributed by atoms with van der Waals surface area (Å²) in [4.78, 5) is 12.4. The van der Waals surface area contributed by atoms with Crippen molar-refractivity contribution in [3.8, 4) is 11.1 Å². The van der Waals surface area contributed by atoms with Crippen LogP contribution in [0.3, 0.4) is 0 Å². The molecule has 1 saturated heterocycles. The van der Waals surface area contributed by atoms with Crippen molar-refractivity contribution in [3.05, 3.63) is 60.2 Å². The second-order valence-corrected chi connectivity index (χ2v) is 5.89. The molecule has 3 rings (SSSR count). The zero-order valence-electron chi connectivity index (χ0n) is 14.0. The van der Waals surface area contributed by atoms with Crippen molar-refractivity contribution in [3.63, 3.8) is 0 Å². The van der Waals surface area contributed by atoms with E-state index in [4.69, 9.17) is 14.2 Å². The van der Waals surface area contributed by atoms with Crippen LogP contribution in [0.1, 0.15) is 30.1 Å². The van der Waals surface area contributed by atoms with Gasteiger partial charge in [0.15, 0.2) is 12.4 Å². The van der Waals surface area contributed by atoms with E-state index in [-0.39, 0.29) is 18.2 Å². The number of esters is 1. The Hall–Kier alpha value is -2.17. The van der Waals surface area contributed by atoms with Gasteiger partial charge in [0.05, 0.1) is 11.7 Å². The average Bonchev–Trinajstić information content (AvgIpc) is 3.04. The van der Waals surface area contributed by atoms with Gasteiger partial charge in [0.2, 0.25) is 0 Å². The number of benzene rings is 2. The predicted molar refractivity (Wildman–Crippen MR) is 91.7 cm³/mol. The summed E-state index contributed by atoms with van der Waals surface area (Å²) >= 11 is 0. The van der Waals surface area contributed by atoms with Crippen LogP contribution in [-0.4, -0.2) is 31.6 Å². The molecule has 0 N–H and O–H groups in total. The van der Waals surface area contributed by atoms with E-state index in [0.29, 0.717) is 12.0 Å². The van der Waals surface area contributed by atoms with Crippen LogP contribution in [0.25, 0.3) is 11.1 Å². The maximum atomic E-state index is 12.4. The van der Waals surface area contributed by atoms with Crippen molar-refractivity contribution in [2.24, 2.45) is 0 Å². The molecule has 1 unspecified atom stereocenters. The van der Waals surface area contributed by atoms with Crippen LogP contribution in [0.4, 0.5) is 0 Å². The molecule has 0 aromatic heterocycles. The Morgan fingerprint density at radius 2 is 1.75 bits per heavy atom. The van der Waals surface area contributed by atoms with Crippen LogP contribution in [0.15, 0.2) is 54.6 Å². The van der Waals surface area contributed by atoms with E-state index in [9.17, 15) is 4.79 Å². The van der Waals surface area contributed by atoms with Gasteiger partial charge in [-0.1, -0.05) is 49.4 Å². The number of carbonyl (C=O) groups is 1. The summed E-state index contributed by atoms with van der Waals surface area (Å²) in [6.07, 6.45) is 0.777. The molecule has 4 nitrogen and oxygen atoms in total. The van der Waals surface area contributed by atoms with Gasteiger partial charge in [-0.15, -0.1) is 0 Å². The number of carbonyl (C=O) groups excluding carboxylic acids is 1. The van der Waals surface area contributed by atoms with E-state index in [0.717, 1.165) is 17.5 Å². The van der Waals surface area contributed by atoms with Crippen LogP contribution in [0, 0.1) is 0 Å². The lowest BCUT2D eigenvalue weighted by molar-refractivity contribution is -0.150. The molecule has 2 aromatic carbocycles. The fourth-order valence-corrected chi connectivity index (χ4v) is 2.91. The highest BCUT2D eigenvalue weighted by molar-refractivity contribution is 5.90. The average molecular weight is 326 g/mol. The molecule has 0 amide bonds. The Kier molecular flexibility index (Phi) is 5.28. The van der Waals surface area contributed by atoms with Crippen molar-refractivity contribution in [2.45, 2.75) is 38.3 Å². The highest BCUT2D eigenvalue weighted by atomic mass is 16.7. The molecule has 4 heteroatoms. The first kappa shape index (κ1) is 16.7. The first-order valence-corrected chi connectivity index (χ1v) is 8.26. The third-order valence-electron chi connectivity index (χ3n) is 4.30. The highest BCUT2D eigenvalue weighted by Crippen LogP contribution is 2.27. The van der Waals surface area contributed by atoms with E-state index in [1.54, 1.807) is 19.2 Å². The van der Waals surface area contributed by atoms with Gasteiger partial charge in [0.25, 0.3) is 0 Å². The van der Waals surface area contributed by atoms with Crippen LogP contribution in [0.5, 0.6) is 0 Å². The lowest BCUT2D eigenvalue weighted by Gasteiger charge is -2.17. The maximum Gasteiger partial charge on any atom is 0.338 e. The summed E-state index contributed by atoms with van der Waals surface area (Å²) in [7, 11) is 1.57. The van der Waals surface area contributed by atoms with E-state index in [1.807, 2.05) is 49.4 Å². The minimum atomic E-state index is -0.484. The first-order valence-electron chi connectivity index (χ1n) is 8.26. The van der Waals surface area contributed by atoms with Crippen molar-refractivity contribution in [1.29, 1.82) is 0 Å². The third-order valence-corrected chi connectivity index (χ3v) is 4.30. The highest BCUT2D eigenvalue weighted by Gasteiger charge is 2.37. The van der Waals surface area contributed by atoms with E-state index in [1.165, 1.54) is 0 Å². The molecule has 0 saturated carbocycles. The molecule has 0 aliphatic carbocycles. The summed E-state index contributed by atoms with van der Waals surface area (Å²) in [5.74, 6) is -0.345. The number of hydrogen-bond acceptors (Lipinski definition) is 4. The largest absolute Gasteiger partial charge is 0.453 e. The SMILES string of the molecule is CC[C@@H]1C[C@H](OC(=O)c2ccc(-c3ccccc3)cc2)C(OC)O1. The molecule has 0 spiro atoms. The van der Waals surface area contributed by atoms with Crippen LogP contribution < -0.4 is 0 Å². The van der Waals surface area contributed by atoms with E-state index >= 15 is 0 Å².